The molecule has 0 unspecified atom stereocenters. The molecule has 3 aromatic rings. The molecule has 0 saturated heterocycles. The second-order valence-corrected chi connectivity index (χ2v) is 6.36. The van der Waals surface area contributed by atoms with E-state index in [9.17, 15) is 0 Å². The maximum atomic E-state index is 6.03. The van der Waals surface area contributed by atoms with Crippen molar-refractivity contribution in [2.75, 3.05) is 11.9 Å². The number of aliphatic imine (C=N–C) groups is 1. The van der Waals surface area contributed by atoms with Crippen LogP contribution in [0.3, 0.4) is 0 Å². The maximum Gasteiger partial charge on any atom is 0.188 e. The summed E-state index contributed by atoms with van der Waals surface area (Å²) < 4.78 is 6.03. The number of hydrogen-bond donors (Lipinski definition) is 1. The van der Waals surface area contributed by atoms with E-state index < -0.39 is 0 Å². The number of ether oxygens (including phenoxy) is 1. The van der Waals surface area contributed by atoms with Gasteiger partial charge in [0.1, 0.15) is 17.3 Å². The van der Waals surface area contributed by atoms with Crippen LogP contribution in [0.15, 0.2) is 65.0 Å². The predicted molar refractivity (Wildman–Crippen MR) is 99.2 cm³/mol. The molecule has 0 saturated carbocycles. The topological polar surface area (TPSA) is 46.5 Å². The van der Waals surface area contributed by atoms with Crippen molar-refractivity contribution in [3.05, 3.63) is 60.0 Å². The van der Waals surface area contributed by atoms with Crippen molar-refractivity contribution < 1.29 is 4.74 Å². The van der Waals surface area contributed by atoms with E-state index >= 15 is 0 Å². The average molecular weight is 335 g/mol. The zero-order valence-electron chi connectivity index (χ0n) is 13.1. The van der Waals surface area contributed by atoms with E-state index in [-0.39, 0.29) is 0 Å². The molecule has 0 bridgehead atoms. The molecular formula is C19H17N3OS. The first kappa shape index (κ1) is 14.9. The number of thiazole rings is 1. The van der Waals surface area contributed by atoms with E-state index in [0.717, 1.165) is 53.1 Å². The summed E-state index contributed by atoms with van der Waals surface area (Å²) in [5.41, 5.74) is 1.90. The Hall–Kier alpha value is -2.66. The minimum absolute atomic E-state index is 0.804. The number of nitrogens with one attached hydrogen (secondary N) is 1. The number of para-hydroxylation sites is 2. The Labute approximate surface area is 144 Å². The van der Waals surface area contributed by atoms with Crippen LogP contribution in [0.5, 0.6) is 11.5 Å². The lowest BCUT2D eigenvalue weighted by Crippen LogP contribution is -2.07. The van der Waals surface area contributed by atoms with Crippen molar-refractivity contribution in [3.8, 4) is 22.8 Å². The summed E-state index contributed by atoms with van der Waals surface area (Å²) in [6.07, 6.45) is 2.12. The Kier molecular flexibility index (Phi) is 4.25. The highest BCUT2D eigenvalue weighted by atomic mass is 32.1. The van der Waals surface area contributed by atoms with E-state index in [1.807, 2.05) is 60.0 Å². The number of rotatable bonds is 4. The van der Waals surface area contributed by atoms with Gasteiger partial charge in [-0.2, -0.15) is 0 Å². The average Bonchev–Trinajstić information content (AvgIpc) is 3.29. The van der Waals surface area contributed by atoms with Gasteiger partial charge >= 0.3 is 0 Å². The monoisotopic (exact) mass is 335 g/mol. The molecule has 4 rings (SSSR count). The number of amidine groups is 1. The summed E-state index contributed by atoms with van der Waals surface area (Å²) in [5.74, 6) is 2.65. The molecule has 1 aromatic heterocycles. The molecule has 0 amide bonds. The fourth-order valence-corrected chi connectivity index (χ4v) is 3.33. The van der Waals surface area contributed by atoms with E-state index in [0.29, 0.717) is 0 Å². The van der Waals surface area contributed by atoms with Crippen LogP contribution in [0.1, 0.15) is 12.8 Å². The molecule has 0 aliphatic carbocycles. The van der Waals surface area contributed by atoms with Crippen LogP contribution < -0.4 is 10.1 Å². The summed E-state index contributed by atoms with van der Waals surface area (Å²) in [6, 6.07) is 17.8. The Morgan fingerprint density at radius 2 is 1.83 bits per heavy atom. The third-order valence-corrected chi connectivity index (χ3v) is 4.52. The van der Waals surface area contributed by atoms with Gasteiger partial charge in [0.25, 0.3) is 0 Å². The van der Waals surface area contributed by atoms with Crippen molar-refractivity contribution in [1.29, 1.82) is 0 Å². The first-order valence-electron chi connectivity index (χ1n) is 7.97. The van der Waals surface area contributed by atoms with Crippen molar-refractivity contribution in [3.63, 3.8) is 0 Å². The van der Waals surface area contributed by atoms with Gasteiger partial charge in [0.15, 0.2) is 5.13 Å². The molecule has 0 atom stereocenters. The summed E-state index contributed by atoms with van der Waals surface area (Å²) in [5, 5.41) is 6.24. The highest BCUT2D eigenvalue weighted by Crippen LogP contribution is 2.34. The summed E-state index contributed by atoms with van der Waals surface area (Å²) in [4.78, 5) is 9.13. The molecule has 5 heteroatoms. The van der Waals surface area contributed by atoms with Gasteiger partial charge in [-0.25, -0.2) is 4.98 Å². The maximum absolute atomic E-state index is 6.03. The second-order valence-electron chi connectivity index (χ2n) is 5.51. The van der Waals surface area contributed by atoms with E-state index in [1.165, 1.54) is 0 Å². The van der Waals surface area contributed by atoms with Crippen LogP contribution in [0.2, 0.25) is 0 Å². The molecule has 1 aliphatic rings. The Morgan fingerprint density at radius 3 is 2.67 bits per heavy atom. The first-order chi connectivity index (χ1) is 11.9. The fourth-order valence-electron chi connectivity index (χ4n) is 2.60. The third kappa shape index (κ3) is 3.31. The lowest BCUT2D eigenvalue weighted by Gasteiger charge is -2.09. The molecule has 0 fully saturated rings. The van der Waals surface area contributed by atoms with Crippen molar-refractivity contribution >= 4 is 22.3 Å². The number of hydrogen-bond acceptors (Lipinski definition) is 5. The molecule has 4 nitrogen and oxygen atoms in total. The third-order valence-electron chi connectivity index (χ3n) is 3.76. The van der Waals surface area contributed by atoms with E-state index in [1.54, 1.807) is 11.3 Å². The summed E-state index contributed by atoms with van der Waals surface area (Å²) in [6.45, 7) is 0.911. The Bertz CT molecular complexity index is 858. The quantitative estimate of drug-likeness (QED) is 0.712. The summed E-state index contributed by atoms with van der Waals surface area (Å²) in [7, 11) is 0. The van der Waals surface area contributed by atoms with Crippen LogP contribution in [-0.4, -0.2) is 17.4 Å². The molecule has 1 aliphatic heterocycles. The van der Waals surface area contributed by atoms with Gasteiger partial charge in [-0.1, -0.05) is 30.3 Å². The largest absolute Gasteiger partial charge is 0.457 e. The van der Waals surface area contributed by atoms with Crippen LogP contribution in [0, 0.1) is 0 Å². The van der Waals surface area contributed by atoms with E-state index in [4.69, 9.17) is 9.72 Å². The highest BCUT2D eigenvalue weighted by molar-refractivity contribution is 7.14. The number of benzene rings is 2. The highest BCUT2D eigenvalue weighted by Gasteiger charge is 2.13. The normalized spacial score (nSPS) is 13.6. The van der Waals surface area contributed by atoms with Crippen LogP contribution in [0.25, 0.3) is 11.3 Å². The lowest BCUT2D eigenvalue weighted by atomic mass is 10.1. The van der Waals surface area contributed by atoms with Crippen LogP contribution in [-0.2, 0) is 0 Å². The second kappa shape index (κ2) is 6.84. The van der Waals surface area contributed by atoms with Crippen molar-refractivity contribution in [2.24, 2.45) is 4.99 Å². The number of aromatic nitrogens is 1. The van der Waals surface area contributed by atoms with E-state index in [2.05, 4.69) is 10.3 Å². The number of nitrogens with zero attached hydrogens (tertiary/aromatic N) is 2. The van der Waals surface area contributed by atoms with Crippen LogP contribution in [0.4, 0.5) is 5.13 Å². The molecular weight excluding hydrogens is 318 g/mol. The van der Waals surface area contributed by atoms with Crippen molar-refractivity contribution in [1.82, 2.24) is 4.98 Å². The standard InChI is InChI=1S/C19H17N3OS/c1-2-7-14(8-3-1)23-17-10-5-4-9-15(17)16-13-24-19(21-16)22-18-11-6-12-20-18/h1-5,7-10,13H,6,11-12H2,(H,20,21,22). The molecule has 0 radical (unpaired) electrons. The zero-order chi connectivity index (χ0) is 16.2. The molecule has 120 valence electrons. The van der Waals surface area contributed by atoms with Gasteiger partial charge in [-0.05, 0) is 30.7 Å². The molecule has 2 aromatic carbocycles. The minimum Gasteiger partial charge on any atom is -0.457 e. The van der Waals surface area contributed by atoms with Gasteiger partial charge in [0.2, 0.25) is 0 Å². The predicted octanol–water partition coefficient (Wildman–Crippen LogP) is 5.21. The number of anilines is 1. The fraction of sp³-hybridized carbons (Fsp3) is 0.158. The zero-order valence-corrected chi connectivity index (χ0v) is 13.9. The van der Waals surface area contributed by atoms with Gasteiger partial charge in [-0.3, -0.25) is 4.99 Å². The van der Waals surface area contributed by atoms with Gasteiger partial charge in [0.05, 0.1) is 5.69 Å². The van der Waals surface area contributed by atoms with Gasteiger partial charge in [0, 0.05) is 23.9 Å². The van der Waals surface area contributed by atoms with Crippen LogP contribution >= 0.6 is 11.3 Å². The molecule has 0 spiro atoms. The Morgan fingerprint density at radius 1 is 1.00 bits per heavy atom. The molecule has 24 heavy (non-hydrogen) atoms. The first-order valence-corrected chi connectivity index (χ1v) is 8.85. The smallest absolute Gasteiger partial charge is 0.188 e. The SMILES string of the molecule is c1ccc(Oc2ccccc2-c2csc(NC3=NCCC3)n2)cc1. The molecule has 2 heterocycles. The van der Waals surface area contributed by atoms with Gasteiger partial charge < -0.3 is 10.1 Å². The Balaban J connectivity index is 1.59. The minimum atomic E-state index is 0.804. The summed E-state index contributed by atoms with van der Waals surface area (Å²) >= 11 is 1.59. The lowest BCUT2D eigenvalue weighted by molar-refractivity contribution is 0.484. The van der Waals surface area contributed by atoms with Gasteiger partial charge in [-0.15, -0.1) is 11.3 Å². The van der Waals surface area contributed by atoms with Crippen molar-refractivity contribution in [2.45, 2.75) is 12.8 Å². The molecule has 1 N–H and O–H groups in total.